The lowest BCUT2D eigenvalue weighted by Crippen LogP contribution is -2.40. The van der Waals surface area contributed by atoms with E-state index < -0.39 is 0 Å². The standard InChI is InChI=1S/C31H33FN4O2/c32-25-12-10-23(11-13-25)26-19-29(26)34-20-22-15-17-36(18-16-22)30(37)14-7-21-5-8-24(9-6-21)31(38)35-28-4-2-1-3-27(28)33/h1-14,22,26,29,34H,15-20,33H2,(H,35,38)/b14-7+. The van der Waals surface area contributed by atoms with E-state index in [9.17, 15) is 14.0 Å². The molecule has 1 aliphatic carbocycles. The Labute approximate surface area is 222 Å². The van der Waals surface area contributed by atoms with Crippen LogP contribution in [0, 0.1) is 11.7 Å². The lowest BCUT2D eigenvalue weighted by molar-refractivity contribution is -0.127. The molecule has 2 aliphatic rings. The van der Waals surface area contributed by atoms with E-state index in [1.54, 1.807) is 36.4 Å². The molecule has 7 heteroatoms. The minimum atomic E-state index is -0.237. The topological polar surface area (TPSA) is 87.5 Å². The number of amides is 2. The van der Waals surface area contributed by atoms with E-state index in [2.05, 4.69) is 10.6 Å². The average molecular weight is 513 g/mol. The maximum Gasteiger partial charge on any atom is 0.255 e. The van der Waals surface area contributed by atoms with Crippen molar-refractivity contribution in [2.75, 3.05) is 30.7 Å². The maximum atomic E-state index is 13.1. The SMILES string of the molecule is Nc1ccccc1NC(=O)c1ccc(/C=C/C(=O)N2CCC(CNC3CC3c3ccc(F)cc3)CC2)cc1. The number of nitrogens with zero attached hydrogens (tertiary/aromatic N) is 1. The van der Waals surface area contributed by atoms with Crippen molar-refractivity contribution in [2.24, 2.45) is 5.92 Å². The Morgan fingerprint density at radius 3 is 2.39 bits per heavy atom. The van der Waals surface area contributed by atoms with E-state index in [4.69, 9.17) is 5.73 Å². The van der Waals surface area contributed by atoms with Gasteiger partial charge in [0.05, 0.1) is 11.4 Å². The van der Waals surface area contributed by atoms with E-state index in [0.717, 1.165) is 44.5 Å². The van der Waals surface area contributed by atoms with Crippen LogP contribution in [0.2, 0.25) is 0 Å². The zero-order valence-corrected chi connectivity index (χ0v) is 21.3. The number of nitrogens with two attached hydrogens (primary N) is 1. The van der Waals surface area contributed by atoms with Crippen molar-refractivity contribution in [3.8, 4) is 0 Å². The van der Waals surface area contributed by atoms with Gasteiger partial charge in [0.25, 0.3) is 5.91 Å². The van der Waals surface area contributed by atoms with Gasteiger partial charge in [-0.05, 0) is 85.3 Å². The molecule has 2 fully saturated rings. The molecule has 0 aromatic heterocycles. The highest BCUT2D eigenvalue weighted by Crippen LogP contribution is 2.41. The molecular formula is C31H33FN4O2. The second kappa shape index (κ2) is 11.6. The van der Waals surface area contributed by atoms with Crippen molar-refractivity contribution in [1.82, 2.24) is 10.2 Å². The summed E-state index contributed by atoms with van der Waals surface area (Å²) in [5.41, 5.74) is 9.55. The molecule has 0 bridgehead atoms. The quantitative estimate of drug-likeness (QED) is 0.291. The fraction of sp³-hybridized carbons (Fsp3) is 0.290. The normalized spacial score (nSPS) is 19.4. The van der Waals surface area contributed by atoms with Gasteiger partial charge in [0, 0.05) is 36.7 Å². The minimum Gasteiger partial charge on any atom is -0.397 e. The number of hydrogen-bond acceptors (Lipinski definition) is 4. The minimum absolute atomic E-state index is 0.0105. The maximum absolute atomic E-state index is 13.1. The second-order valence-corrected chi connectivity index (χ2v) is 10.2. The van der Waals surface area contributed by atoms with Gasteiger partial charge in [-0.25, -0.2) is 4.39 Å². The van der Waals surface area contributed by atoms with Gasteiger partial charge in [-0.15, -0.1) is 0 Å². The first-order valence-corrected chi connectivity index (χ1v) is 13.2. The molecule has 1 aliphatic heterocycles. The van der Waals surface area contributed by atoms with Crippen molar-refractivity contribution in [3.63, 3.8) is 0 Å². The number of nitrogen functional groups attached to an aromatic ring is 1. The largest absolute Gasteiger partial charge is 0.397 e. The summed E-state index contributed by atoms with van der Waals surface area (Å²) in [5.74, 6) is 0.620. The smallest absolute Gasteiger partial charge is 0.255 e. The van der Waals surface area contributed by atoms with E-state index in [0.29, 0.717) is 34.8 Å². The van der Waals surface area contributed by atoms with Gasteiger partial charge >= 0.3 is 0 Å². The van der Waals surface area contributed by atoms with Crippen LogP contribution in [-0.2, 0) is 4.79 Å². The molecule has 1 heterocycles. The lowest BCUT2D eigenvalue weighted by atomic mass is 9.96. The summed E-state index contributed by atoms with van der Waals surface area (Å²) < 4.78 is 13.1. The Morgan fingerprint density at radius 2 is 1.68 bits per heavy atom. The number of hydrogen-bond donors (Lipinski definition) is 3. The molecule has 1 saturated carbocycles. The Balaban J connectivity index is 1.04. The molecule has 3 aromatic carbocycles. The predicted octanol–water partition coefficient (Wildman–Crippen LogP) is 5.06. The predicted molar refractivity (Wildman–Crippen MR) is 149 cm³/mol. The van der Waals surface area contributed by atoms with E-state index in [-0.39, 0.29) is 17.6 Å². The molecule has 3 aromatic rings. The molecule has 2 unspecified atom stereocenters. The van der Waals surface area contributed by atoms with Crippen LogP contribution in [-0.4, -0.2) is 42.4 Å². The molecule has 2 amide bonds. The van der Waals surface area contributed by atoms with Crippen LogP contribution in [0.5, 0.6) is 0 Å². The van der Waals surface area contributed by atoms with E-state index in [1.165, 1.54) is 17.7 Å². The van der Waals surface area contributed by atoms with Gasteiger partial charge in [-0.2, -0.15) is 0 Å². The van der Waals surface area contributed by atoms with Crippen LogP contribution >= 0.6 is 0 Å². The number of piperidine rings is 1. The van der Waals surface area contributed by atoms with Crippen LogP contribution in [0.25, 0.3) is 6.08 Å². The van der Waals surface area contributed by atoms with Crippen molar-refractivity contribution >= 4 is 29.3 Å². The summed E-state index contributed by atoms with van der Waals surface area (Å²) in [6.07, 6.45) is 6.46. The van der Waals surface area contributed by atoms with Crippen molar-refractivity contribution in [2.45, 2.75) is 31.2 Å². The zero-order valence-electron chi connectivity index (χ0n) is 21.3. The van der Waals surface area contributed by atoms with Gasteiger partial charge in [0.15, 0.2) is 0 Å². The highest BCUT2D eigenvalue weighted by Gasteiger charge is 2.38. The molecule has 1 saturated heterocycles. The fourth-order valence-electron chi connectivity index (χ4n) is 5.00. The molecule has 6 nitrogen and oxygen atoms in total. The zero-order chi connectivity index (χ0) is 26.5. The van der Waals surface area contributed by atoms with Crippen LogP contribution in [0.15, 0.2) is 78.9 Å². The van der Waals surface area contributed by atoms with E-state index >= 15 is 0 Å². The first-order chi connectivity index (χ1) is 18.5. The molecule has 5 rings (SSSR count). The first-order valence-electron chi connectivity index (χ1n) is 13.2. The van der Waals surface area contributed by atoms with Gasteiger partial charge in [0.2, 0.25) is 5.91 Å². The molecule has 0 radical (unpaired) electrons. The number of likely N-dealkylation sites (tertiary alicyclic amines) is 1. The summed E-state index contributed by atoms with van der Waals surface area (Å²) in [7, 11) is 0. The number of para-hydroxylation sites is 2. The first kappa shape index (κ1) is 25.7. The average Bonchev–Trinajstić information content (AvgIpc) is 3.72. The van der Waals surface area contributed by atoms with Crippen LogP contribution in [0.1, 0.15) is 46.7 Å². The summed E-state index contributed by atoms with van der Waals surface area (Å²) in [6.45, 7) is 2.46. The number of benzene rings is 3. The third-order valence-electron chi connectivity index (χ3n) is 7.48. The summed E-state index contributed by atoms with van der Waals surface area (Å²) >= 11 is 0. The number of carbonyl (C=O) groups is 2. The number of carbonyl (C=O) groups excluding carboxylic acids is 2. The van der Waals surface area contributed by atoms with Gasteiger partial charge < -0.3 is 21.3 Å². The third-order valence-corrected chi connectivity index (χ3v) is 7.48. The molecular weight excluding hydrogens is 479 g/mol. The summed E-state index contributed by atoms with van der Waals surface area (Å²) in [5, 5.41) is 6.48. The second-order valence-electron chi connectivity index (χ2n) is 10.2. The van der Waals surface area contributed by atoms with Crippen molar-refractivity contribution in [3.05, 3.63) is 101 Å². The molecule has 38 heavy (non-hydrogen) atoms. The lowest BCUT2D eigenvalue weighted by Gasteiger charge is -2.31. The Kier molecular flexibility index (Phi) is 7.84. The molecule has 2 atom stereocenters. The number of halogens is 1. The summed E-state index contributed by atoms with van der Waals surface area (Å²) in [4.78, 5) is 27.1. The van der Waals surface area contributed by atoms with Crippen molar-refractivity contribution < 1.29 is 14.0 Å². The Bertz CT molecular complexity index is 1300. The monoisotopic (exact) mass is 512 g/mol. The van der Waals surface area contributed by atoms with Gasteiger partial charge in [-0.1, -0.05) is 36.4 Å². The van der Waals surface area contributed by atoms with Crippen LogP contribution in [0.3, 0.4) is 0 Å². The van der Waals surface area contributed by atoms with E-state index in [1.807, 2.05) is 41.3 Å². The highest BCUT2D eigenvalue weighted by atomic mass is 19.1. The number of anilines is 2. The van der Waals surface area contributed by atoms with Gasteiger partial charge in [-0.3, -0.25) is 9.59 Å². The van der Waals surface area contributed by atoms with Crippen LogP contribution in [0.4, 0.5) is 15.8 Å². The third kappa shape index (κ3) is 6.47. The number of rotatable bonds is 8. The van der Waals surface area contributed by atoms with Crippen molar-refractivity contribution in [1.29, 1.82) is 0 Å². The molecule has 196 valence electrons. The molecule has 4 N–H and O–H groups in total. The Hall–Kier alpha value is -3.97. The number of nitrogens with one attached hydrogen (secondary N) is 2. The summed E-state index contributed by atoms with van der Waals surface area (Å²) in [6, 6.07) is 21.5. The fourth-order valence-corrected chi connectivity index (χ4v) is 5.00. The van der Waals surface area contributed by atoms with Gasteiger partial charge in [0.1, 0.15) is 5.82 Å². The molecule has 0 spiro atoms. The Morgan fingerprint density at radius 1 is 0.974 bits per heavy atom. The highest BCUT2D eigenvalue weighted by molar-refractivity contribution is 6.05. The van der Waals surface area contributed by atoms with Crippen LogP contribution < -0.4 is 16.4 Å².